The number of para-hydroxylation sites is 1. The maximum Gasteiger partial charge on any atom is 0.249 e. The van der Waals surface area contributed by atoms with Crippen LogP contribution in [0.4, 0.5) is 5.69 Å². The van der Waals surface area contributed by atoms with Gasteiger partial charge in [0.25, 0.3) is 0 Å². The molecule has 1 fully saturated rings. The van der Waals surface area contributed by atoms with Gasteiger partial charge in [0.2, 0.25) is 11.8 Å². The zero-order chi connectivity index (χ0) is 14.5. The molecular formula is C15H22ClN3O2. The average molecular weight is 312 g/mol. The highest BCUT2D eigenvalue weighted by atomic mass is 35.5. The van der Waals surface area contributed by atoms with E-state index in [0.29, 0.717) is 13.0 Å². The fourth-order valence-electron chi connectivity index (χ4n) is 2.29. The van der Waals surface area contributed by atoms with Crippen LogP contribution in [0.5, 0.6) is 0 Å². The predicted octanol–water partition coefficient (Wildman–Crippen LogP) is 1.31. The van der Waals surface area contributed by atoms with Crippen molar-refractivity contribution in [3.63, 3.8) is 0 Å². The van der Waals surface area contributed by atoms with Gasteiger partial charge in [0.15, 0.2) is 0 Å². The van der Waals surface area contributed by atoms with Crippen LogP contribution in [-0.2, 0) is 9.59 Å². The summed E-state index contributed by atoms with van der Waals surface area (Å²) >= 11 is 0. The number of amides is 2. The van der Waals surface area contributed by atoms with Gasteiger partial charge < -0.3 is 16.0 Å². The number of piperidine rings is 1. The summed E-state index contributed by atoms with van der Waals surface area (Å²) in [5, 5.41) is 2.81. The monoisotopic (exact) mass is 311 g/mol. The molecule has 1 aromatic carbocycles. The number of nitrogens with one attached hydrogen (secondary N) is 1. The summed E-state index contributed by atoms with van der Waals surface area (Å²) in [4.78, 5) is 26.1. The van der Waals surface area contributed by atoms with E-state index in [-0.39, 0.29) is 36.7 Å². The van der Waals surface area contributed by atoms with Crippen LogP contribution >= 0.6 is 12.4 Å². The number of anilines is 1. The molecule has 1 aromatic rings. The summed E-state index contributed by atoms with van der Waals surface area (Å²) in [5.74, 6) is -0.462. The molecular weight excluding hydrogens is 290 g/mol. The van der Waals surface area contributed by atoms with Gasteiger partial charge in [-0.1, -0.05) is 25.1 Å². The minimum absolute atomic E-state index is 0. The molecule has 0 saturated carbocycles. The molecule has 0 spiro atoms. The second-order valence-electron chi connectivity index (χ2n) is 5.17. The fourth-order valence-corrected chi connectivity index (χ4v) is 2.29. The molecule has 3 N–H and O–H groups in total. The van der Waals surface area contributed by atoms with E-state index < -0.39 is 6.04 Å². The third kappa shape index (κ3) is 4.19. The molecule has 21 heavy (non-hydrogen) atoms. The molecule has 0 bridgehead atoms. The Morgan fingerprint density at radius 1 is 1.43 bits per heavy atom. The van der Waals surface area contributed by atoms with Crippen LogP contribution in [0.1, 0.15) is 19.8 Å². The molecule has 0 aromatic heterocycles. The summed E-state index contributed by atoms with van der Waals surface area (Å²) in [6, 6.07) is 9.10. The molecule has 116 valence electrons. The summed E-state index contributed by atoms with van der Waals surface area (Å²) in [5.41, 5.74) is 6.35. The average Bonchev–Trinajstić information content (AvgIpc) is 2.49. The lowest BCUT2D eigenvalue weighted by Crippen LogP contribution is -2.53. The van der Waals surface area contributed by atoms with Crippen molar-refractivity contribution in [1.82, 2.24) is 5.32 Å². The zero-order valence-corrected chi connectivity index (χ0v) is 12.9. The van der Waals surface area contributed by atoms with Gasteiger partial charge >= 0.3 is 0 Å². The first-order valence-electron chi connectivity index (χ1n) is 7.00. The SMILES string of the molecule is CC(CN)C(=O)NC1CCCN(c2ccccc2)C1=O.Cl. The Morgan fingerprint density at radius 2 is 2.10 bits per heavy atom. The topological polar surface area (TPSA) is 75.4 Å². The Kier molecular flexibility index (Phi) is 6.65. The summed E-state index contributed by atoms with van der Waals surface area (Å²) in [7, 11) is 0. The van der Waals surface area contributed by atoms with Crippen LogP contribution in [0.3, 0.4) is 0 Å². The van der Waals surface area contributed by atoms with Crippen molar-refractivity contribution in [2.75, 3.05) is 18.0 Å². The Bertz CT molecular complexity index is 481. The number of hydrogen-bond acceptors (Lipinski definition) is 3. The van der Waals surface area contributed by atoms with E-state index in [9.17, 15) is 9.59 Å². The highest BCUT2D eigenvalue weighted by molar-refractivity contribution is 6.00. The Hall–Kier alpha value is -1.59. The first kappa shape index (κ1) is 17.5. The van der Waals surface area contributed by atoms with Crippen molar-refractivity contribution in [1.29, 1.82) is 0 Å². The smallest absolute Gasteiger partial charge is 0.249 e. The number of benzene rings is 1. The minimum Gasteiger partial charge on any atom is -0.344 e. The van der Waals surface area contributed by atoms with Crippen LogP contribution in [-0.4, -0.2) is 30.9 Å². The van der Waals surface area contributed by atoms with E-state index >= 15 is 0 Å². The Balaban J connectivity index is 0.00000220. The molecule has 1 aliphatic rings. The quantitative estimate of drug-likeness (QED) is 0.880. The highest BCUT2D eigenvalue weighted by Crippen LogP contribution is 2.20. The van der Waals surface area contributed by atoms with E-state index in [1.165, 1.54) is 0 Å². The van der Waals surface area contributed by atoms with Crippen molar-refractivity contribution in [3.05, 3.63) is 30.3 Å². The van der Waals surface area contributed by atoms with Gasteiger partial charge in [-0.25, -0.2) is 0 Å². The normalized spacial score (nSPS) is 19.6. The number of nitrogens with two attached hydrogens (primary N) is 1. The van der Waals surface area contributed by atoms with Gasteiger partial charge in [-0.15, -0.1) is 12.4 Å². The van der Waals surface area contributed by atoms with Crippen LogP contribution in [0.15, 0.2) is 30.3 Å². The van der Waals surface area contributed by atoms with E-state index in [1.807, 2.05) is 30.3 Å². The molecule has 2 unspecified atom stereocenters. The minimum atomic E-state index is -0.439. The van der Waals surface area contributed by atoms with Crippen molar-refractivity contribution < 1.29 is 9.59 Å². The molecule has 6 heteroatoms. The molecule has 1 heterocycles. The number of carbonyl (C=O) groups is 2. The fraction of sp³-hybridized carbons (Fsp3) is 0.467. The first-order valence-corrected chi connectivity index (χ1v) is 7.00. The molecule has 1 saturated heterocycles. The molecule has 2 atom stereocenters. The lowest BCUT2D eigenvalue weighted by atomic mass is 10.0. The lowest BCUT2D eigenvalue weighted by Gasteiger charge is -2.33. The van der Waals surface area contributed by atoms with E-state index in [4.69, 9.17) is 5.73 Å². The predicted molar refractivity (Wildman–Crippen MR) is 85.4 cm³/mol. The van der Waals surface area contributed by atoms with Gasteiger partial charge in [-0.05, 0) is 25.0 Å². The van der Waals surface area contributed by atoms with Gasteiger partial charge in [0.1, 0.15) is 6.04 Å². The van der Waals surface area contributed by atoms with Crippen LogP contribution in [0.25, 0.3) is 0 Å². The zero-order valence-electron chi connectivity index (χ0n) is 12.1. The summed E-state index contributed by atoms with van der Waals surface area (Å²) < 4.78 is 0. The van der Waals surface area contributed by atoms with Crippen LogP contribution in [0.2, 0.25) is 0 Å². The Labute approximate surface area is 131 Å². The highest BCUT2D eigenvalue weighted by Gasteiger charge is 2.31. The number of nitrogens with zero attached hydrogens (tertiary/aromatic N) is 1. The van der Waals surface area contributed by atoms with Gasteiger partial charge in [-0.2, -0.15) is 0 Å². The molecule has 1 aliphatic heterocycles. The van der Waals surface area contributed by atoms with E-state index in [1.54, 1.807) is 11.8 Å². The van der Waals surface area contributed by atoms with Gasteiger partial charge in [0, 0.05) is 24.7 Å². The number of hydrogen-bond donors (Lipinski definition) is 2. The number of rotatable bonds is 4. The number of carbonyl (C=O) groups excluding carboxylic acids is 2. The van der Waals surface area contributed by atoms with Crippen molar-refractivity contribution in [2.45, 2.75) is 25.8 Å². The van der Waals surface area contributed by atoms with E-state index in [0.717, 1.165) is 12.1 Å². The summed E-state index contributed by atoms with van der Waals surface area (Å²) in [6.07, 6.45) is 1.56. The maximum atomic E-state index is 12.5. The van der Waals surface area contributed by atoms with Crippen molar-refractivity contribution in [2.24, 2.45) is 11.7 Å². The molecule has 2 amide bonds. The standard InChI is InChI=1S/C15H21N3O2.ClH/c1-11(10-16)14(19)17-13-8-5-9-18(15(13)20)12-6-3-2-4-7-12;/h2-4,6-7,11,13H,5,8-10,16H2,1H3,(H,17,19);1H. The van der Waals surface area contributed by atoms with Gasteiger partial charge in [0.05, 0.1) is 0 Å². The Morgan fingerprint density at radius 3 is 2.71 bits per heavy atom. The third-order valence-electron chi connectivity index (χ3n) is 3.62. The third-order valence-corrected chi connectivity index (χ3v) is 3.62. The molecule has 0 aliphatic carbocycles. The number of halogens is 1. The van der Waals surface area contributed by atoms with Gasteiger partial charge in [-0.3, -0.25) is 9.59 Å². The second kappa shape index (κ2) is 8.00. The second-order valence-corrected chi connectivity index (χ2v) is 5.17. The molecule has 5 nitrogen and oxygen atoms in total. The molecule has 0 radical (unpaired) electrons. The lowest BCUT2D eigenvalue weighted by molar-refractivity contribution is -0.130. The first-order chi connectivity index (χ1) is 9.63. The largest absolute Gasteiger partial charge is 0.344 e. The maximum absolute atomic E-state index is 12.5. The van der Waals surface area contributed by atoms with Crippen molar-refractivity contribution >= 4 is 29.9 Å². The van der Waals surface area contributed by atoms with E-state index in [2.05, 4.69) is 5.32 Å². The molecule has 2 rings (SSSR count). The summed E-state index contributed by atoms with van der Waals surface area (Å²) in [6.45, 7) is 2.74. The van der Waals surface area contributed by atoms with Crippen molar-refractivity contribution in [3.8, 4) is 0 Å². The van der Waals surface area contributed by atoms with Crippen LogP contribution in [0, 0.1) is 5.92 Å². The van der Waals surface area contributed by atoms with Crippen LogP contribution < -0.4 is 16.0 Å².